The van der Waals surface area contributed by atoms with Crippen LogP contribution in [0.1, 0.15) is 20.8 Å². The van der Waals surface area contributed by atoms with Crippen molar-refractivity contribution in [3.05, 3.63) is 24.3 Å². The first-order valence-corrected chi connectivity index (χ1v) is 9.55. The third-order valence-electron chi connectivity index (χ3n) is 2.82. The fourth-order valence-corrected chi connectivity index (χ4v) is 3.40. The van der Waals surface area contributed by atoms with Crippen molar-refractivity contribution in [3.8, 4) is 5.75 Å². The average Bonchev–Trinajstić information content (AvgIpc) is 2.99. The molecule has 2 rings (SSSR count). The minimum absolute atomic E-state index is 0.168. The summed E-state index contributed by atoms with van der Waals surface area (Å²) in [6, 6.07) is 6.83. The number of methoxy groups -OCH3 is 1. The van der Waals surface area contributed by atoms with Crippen LogP contribution in [0.2, 0.25) is 0 Å². The second-order valence-electron chi connectivity index (χ2n) is 6.24. The van der Waals surface area contributed by atoms with Gasteiger partial charge in [-0.25, -0.2) is 4.79 Å². The minimum Gasteiger partial charge on any atom is -0.495 e. The van der Waals surface area contributed by atoms with Crippen LogP contribution in [0.25, 0.3) is 0 Å². The SMILES string of the molecule is COc1ccccc1NC(=O)CSc1nnc(NC(=O)NC(C)(C)C)s1. The summed E-state index contributed by atoms with van der Waals surface area (Å²) in [5.41, 5.74) is 0.266. The molecule has 0 atom stereocenters. The van der Waals surface area contributed by atoms with E-state index in [9.17, 15) is 9.59 Å². The molecule has 3 N–H and O–H groups in total. The van der Waals surface area contributed by atoms with Gasteiger partial charge >= 0.3 is 6.03 Å². The molecule has 3 amide bonds. The van der Waals surface area contributed by atoms with Gasteiger partial charge in [0.2, 0.25) is 11.0 Å². The molecule has 26 heavy (non-hydrogen) atoms. The summed E-state index contributed by atoms with van der Waals surface area (Å²) < 4.78 is 5.78. The molecule has 1 heterocycles. The van der Waals surface area contributed by atoms with E-state index in [0.717, 1.165) is 0 Å². The molecule has 0 saturated carbocycles. The van der Waals surface area contributed by atoms with Gasteiger partial charge in [0.25, 0.3) is 0 Å². The normalized spacial score (nSPS) is 10.9. The zero-order chi connectivity index (χ0) is 19.2. The maximum atomic E-state index is 12.1. The summed E-state index contributed by atoms with van der Waals surface area (Å²) in [5, 5.41) is 16.4. The maximum Gasteiger partial charge on any atom is 0.321 e. The van der Waals surface area contributed by atoms with Crippen molar-refractivity contribution in [2.24, 2.45) is 0 Å². The molecular weight excluding hydrogens is 374 g/mol. The van der Waals surface area contributed by atoms with Crippen LogP contribution in [0.5, 0.6) is 5.75 Å². The van der Waals surface area contributed by atoms with Gasteiger partial charge in [0.15, 0.2) is 4.34 Å². The molecule has 0 aliphatic carbocycles. The topological polar surface area (TPSA) is 105 Å². The van der Waals surface area contributed by atoms with Crippen molar-refractivity contribution in [2.45, 2.75) is 30.6 Å². The predicted octanol–water partition coefficient (Wildman–Crippen LogP) is 3.20. The van der Waals surface area contributed by atoms with E-state index in [2.05, 4.69) is 26.1 Å². The van der Waals surface area contributed by atoms with E-state index in [1.807, 2.05) is 32.9 Å². The third-order valence-corrected chi connectivity index (χ3v) is 4.80. The van der Waals surface area contributed by atoms with Gasteiger partial charge in [-0.15, -0.1) is 10.2 Å². The molecule has 0 unspecified atom stereocenters. The van der Waals surface area contributed by atoms with Crippen LogP contribution in [0, 0.1) is 0 Å². The van der Waals surface area contributed by atoms with E-state index < -0.39 is 0 Å². The Labute approximate surface area is 160 Å². The average molecular weight is 396 g/mol. The van der Waals surface area contributed by atoms with Crippen LogP contribution in [-0.4, -0.2) is 40.5 Å². The molecule has 1 aromatic heterocycles. The number of carbonyl (C=O) groups is 2. The number of thioether (sulfide) groups is 1. The second-order valence-corrected chi connectivity index (χ2v) is 8.44. The molecule has 0 fully saturated rings. The van der Waals surface area contributed by atoms with Gasteiger partial charge in [0.1, 0.15) is 5.75 Å². The highest BCUT2D eigenvalue weighted by atomic mass is 32.2. The highest BCUT2D eigenvalue weighted by Crippen LogP contribution is 2.27. The fourth-order valence-electron chi connectivity index (χ4n) is 1.85. The third kappa shape index (κ3) is 6.52. The lowest BCUT2D eigenvalue weighted by atomic mass is 10.1. The number of hydrogen-bond acceptors (Lipinski definition) is 7. The summed E-state index contributed by atoms with van der Waals surface area (Å²) in [6.45, 7) is 5.65. The van der Waals surface area contributed by atoms with Crippen LogP contribution in [-0.2, 0) is 4.79 Å². The molecule has 10 heteroatoms. The quantitative estimate of drug-likeness (QED) is 0.512. The van der Waals surface area contributed by atoms with Crippen molar-refractivity contribution in [2.75, 3.05) is 23.5 Å². The summed E-state index contributed by atoms with van der Waals surface area (Å²) >= 11 is 2.45. The Hall–Kier alpha value is -2.33. The molecule has 2 aromatic rings. The van der Waals surface area contributed by atoms with E-state index in [1.165, 1.54) is 23.1 Å². The van der Waals surface area contributed by atoms with Crippen LogP contribution < -0.4 is 20.7 Å². The van der Waals surface area contributed by atoms with Gasteiger partial charge in [-0.1, -0.05) is 35.2 Å². The first kappa shape index (κ1) is 20.0. The van der Waals surface area contributed by atoms with Crippen molar-refractivity contribution >= 4 is 45.9 Å². The Morgan fingerprint density at radius 1 is 1.19 bits per heavy atom. The van der Waals surface area contributed by atoms with Crippen molar-refractivity contribution in [3.63, 3.8) is 0 Å². The predicted molar refractivity (Wildman–Crippen MR) is 104 cm³/mol. The summed E-state index contributed by atoms with van der Waals surface area (Å²) in [7, 11) is 1.55. The summed E-state index contributed by atoms with van der Waals surface area (Å²) in [4.78, 5) is 23.9. The van der Waals surface area contributed by atoms with Gasteiger partial charge in [0.05, 0.1) is 18.6 Å². The number of anilines is 2. The smallest absolute Gasteiger partial charge is 0.321 e. The van der Waals surface area contributed by atoms with Gasteiger partial charge in [-0.2, -0.15) is 0 Å². The Balaban J connectivity index is 1.84. The van der Waals surface area contributed by atoms with Crippen LogP contribution >= 0.6 is 23.1 Å². The van der Waals surface area contributed by atoms with E-state index in [1.54, 1.807) is 19.2 Å². The Morgan fingerprint density at radius 2 is 1.92 bits per heavy atom. The molecule has 0 spiro atoms. The number of amides is 3. The number of nitrogens with zero attached hydrogens (tertiary/aromatic N) is 2. The standard InChI is InChI=1S/C16H21N5O3S2/c1-16(2,3)19-13(23)18-14-20-21-15(26-14)25-9-12(22)17-10-7-5-6-8-11(10)24-4/h5-8H,9H2,1-4H3,(H,17,22)(H2,18,19,20,23). The first-order valence-electron chi connectivity index (χ1n) is 7.75. The number of hydrogen-bond donors (Lipinski definition) is 3. The highest BCUT2D eigenvalue weighted by molar-refractivity contribution is 8.01. The van der Waals surface area contributed by atoms with Crippen LogP contribution in [0.15, 0.2) is 28.6 Å². The summed E-state index contributed by atoms with van der Waals surface area (Å²) in [5.74, 6) is 0.578. The molecule has 140 valence electrons. The molecule has 8 nitrogen and oxygen atoms in total. The number of ether oxygens (including phenoxy) is 1. The molecule has 0 bridgehead atoms. The van der Waals surface area contributed by atoms with Gasteiger partial charge in [-0.05, 0) is 32.9 Å². The Morgan fingerprint density at radius 3 is 2.62 bits per heavy atom. The first-order chi connectivity index (χ1) is 12.3. The van der Waals surface area contributed by atoms with Crippen LogP contribution in [0.3, 0.4) is 0 Å². The molecule has 0 aliphatic heterocycles. The van der Waals surface area contributed by atoms with Gasteiger partial charge in [0, 0.05) is 5.54 Å². The fraction of sp³-hybridized carbons (Fsp3) is 0.375. The highest BCUT2D eigenvalue weighted by Gasteiger charge is 2.16. The molecule has 0 radical (unpaired) electrons. The van der Waals surface area contributed by atoms with Crippen molar-refractivity contribution in [1.29, 1.82) is 0 Å². The molecular formula is C16H21N5O3S2. The lowest BCUT2D eigenvalue weighted by Gasteiger charge is -2.19. The van der Waals surface area contributed by atoms with Crippen molar-refractivity contribution < 1.29 is 14.3 Å². The number of aromatic nitrogens is 2. The second kappa shape index (κ2) is 8.86. The summed E-state index contributed by atoms with van der Waals surface area (Å²) in [6.07, 6.45) is 0. The van der Waals surface area contributed by atoms with Crippen molar-refractivity contribution in [1.82, 2.24) is 15.5 Å². The monoisotopic (exact) mass is 395 g/mol. The largest absolute Gasteiger partial charge is 0.495 e. The van der Waals surface area contributed by atoms with E-state index in [4.69, 9.17) is 4.74 Å². The van der Waals surface area contributed by atoms with Crippen LogP contribution in [0.4, 0.5) is 15.6 Å². The Kier molecular flexibility index (Phi) is 6.81. The van der Waals surface area contributed by atoms with E-state index in [0.29, 0.717) is 20.9 Å². The molecule has 0 aliphatic rings. The molecule has 0 saturated heterocycles. The number of urea groups is 1. The number of nitrogens with one attached hydrogen (secondary N) is 3. The maximum absolute atomic E-state index is 12.1. The number of rotatable bonds is 6. The lowest BCUT2D eigenvalue weighted by Crippen LogP contribution is -2.43. The van der Waals surface area contributed by atoms with Gasteiger partial charge < -0.3 is 15.4 Å². The number of carbonyl (C=O) groups excluding carboxylic acids is 2. The number of benzene rings is 1. The van der Waals surface area contributed by atoms with E-state index in [-0.39, 0.29) is 23.2 Å². The lowest BCUT2D eigenvalue weighted by molar-refractivity contribution is -0.113. The zero-order valence-corrected chi connectivity index (χ0v) is 16.6. The van der Waals surface area contributed by atoms with Gasteiger partial charge in [-0.3, -0.25) is 10.1 Å². The Bertz CT molecular complexity index is 773. The minimum atomic E-state index is -0.348. The number of para-hydroxylation sites is 2. The van der Waals surface area contributed by atoms with E-state index >= 15 is 0 Å². The zero-order valence-electron chi connectivity index (χ0n) is 15.0. The molecule has 1 aromatic carbocycles.